The van der Waals surface area contributed by atoms with E-state index in [1.807, 2.05) is 35.2 Å². The summed E-state index contributed by atoms with van der Waals surface area (Å²) in [5.74, 6) is 1.09. The third-order valence-corrected chi connectivity index (χ3v) is 4.88. The summed E-state index contributed by atoms with van der Waals surface area (Å²) in [4.78, 5) is 1.41. The van der Waals surface area contributed by atoms with E-state index in [2.05, 4.69) is 26.0 Å². The Morgan fingerprint density at radius 3 is 2.87 bits per heavy atom. The second-order valence-electron chi connectivity index (χ2n) is 3.72. The molecule has 0 nitrogen and oxygen atoms in total. The highest BCUT2D eigenvalue weighted by atomic mass is 35.5. The van der Waals surface area contributed by atoms with Crippen molar-refractivity contribution in [3.63, 3.8) is 0 Å². The number of thiophene rings is 1. The number of fused-ring (bicyclic) bond motifs is 1. The minimum Gasteiger partial charge on any atom is -0.154 e. The molecular weight excluding hydrogens is 244 g/mol. The quantitative estimate of drug-likeness (QED) is 0.728. The van der Waals surface area contributed by atoms with E-state index in [0.717, 1.165) is 10.8 Å². The van der Waals surface area contributed by atoms with E-state index in [9.17, 15) is 0 Å². The fourth-order valence-corrected chi connectivity index (χ4v) is 3.59. The van der Waals surface area contributed by atoms with Gasteiger partial charge >= 0.3 is 0 Å². The zero-order chi connectivity index (χ0) is 10.8. The van der Waals surface area contributed by atoms with E-state index in [1.54, 1.807) is 0 Å². The molecule has 0 spiro atoms. The van der Waals surface area contributed by atoms with Crippen molar-refractivity contribution in [1.82, 2.24) is 0 Å². The molecule has 0 saturated heterocycles. The Morgan fingerprint density at radius 2 is 2.20 bits per heavy atom. The average molecular weight is 257 g/mol. The summed E-state index contributed by atoms with van der Waals surface area (Å²) in [5, 5.41) is 2.75. The summed E-state index contributed by atoms with van der Waals surface area (Å²) in [5.41, 5.74) is 0. The minimum atomic E-state index is 0.686. The molecule has 0 fully saturated rings. The second kappa shape index (κ2) is 4.77. The Bertz CT molecular complexity index is 460. The molecule has 0 aliphatic heterocycles. The fraction of sp³-hybridized carbons (Fsp3) is 0.333. The number of rotatable bonds is 3. The predicted octanol–water partition coefficient (Wildman–Crippen LogP) is 5.20. The molecule has 0 unspecified atom stereocenters. The maximum absolute atomic E-state index is 6.13. The molecule has 2 rings (SSSR count). The maximum Gasteiger partial charge on any atom is 0.0492 e. The van der Waals surface area contributed by atoms with Gasteiger partial charge in [0.25, 0.3) is 0 Å². The zero-order valence-electron chi connectivity index (χ0n) is 8.79. The van der Waals surface area contributed by atoms with Crippen LogP contribution in [0.25, 0.3) is 10.1 Å². The van der Waals surface area contributed by atoms with E-state index in [4.69, 9.17) is 11.6 Å². The monoisotopic (exact) mass is 256 g/mol. The Morgan fingerprint density at radius 1 is 1.40 bits per heavy atom. The van der Waals surface area contributed by atoms with E-state index in [0.29, 0.717) is 5.25 Å². The smallest absolute Gasteiger partial charge is 0.0492 e. The van der Waals surface area contributed by atoms with Crippen molar-refractivity contribution in [3.05, 3.63) is 34.2 Å². The summed E-state index contributed by atoms with van der Waals surface area (Å²) in [6.45, 7) is 4.45. The van der Waals surface area contributed by atoms with Crippen LogP contribution in [0, 0.1) is 0 Å². The topological polar surface area (TPSA) is 0 Å². The van der Waals surface area contributed by atoms with Gasteiger partial charge in [0, 0.05) is 25.7 Å². The van der Waals surface area contributed by atoms with Crippen LogP contribution in [-0.2, 0) is 5.75 Å². The lowest BCUT2D eigenvalue weighted by molar-refractivity contribution is 1.11. The Labute approximate surface area is 104 Å². The van der Waals surface area contributed by atoms with Crippen LogP contribution in [-0.4, -0.2) is 5.25 Å². The first-order valence-corrected chi connectivity index (χ1v) is 7.19. The Balaban J connectivity index is 2.27. The van der Waals surface area contributed by atoms with Gasteiger partial charge in [-0.1, -0.05) is 31.5 Å². The third kappa shape index (κ3) is 2.68. The Kier molecular flexibility index (Phi) is 3.60. The SMILES string of the molecule is CC(C)SCc1cc2c(Cl)cccc2s1. The van der Waals surface area contributed by atoms with Crippen molar-refractivity contribution in [2.45, 2.75) is 24.9 Å². The van der Waals surface area contributed by atoms with Gasteiger partial charge in [0.2, 0.25) is 0 Å². The lowest BCUT2D eigenvalue weighted by Crippen LogP contribution is -1.85. The van der Waals surface area contributed by atoms with Crippen LogP contribution in [0.2, 0.25) is 5.02 Å². The van der Waals surface area contributed by atoms with E-state index in [-0.39, 0.29) is 0 Å². The van der Waals surface area contributed by atoms with Gasteiger partial charge in [-0.15, -0.1) is 11.3 Å². The summed E-state index contributed by atoms with van der Waals surface area (Å²) in [6, 6.07) is 8.32. The van der Waals surface area contributed by atoms with Crippen molar-refractivity contribution in [2.24, 2.45) is 0 Å². The van der Waals surface area contributed by atoms with Crippen molar-refractivity contribution >= 4 is 44.8 Å². The largest absolute Gasteiger partial charge is 0.154 e. The second-order valence-corrected chi connectivity index (χ2v) is 6.86. The fourth-order valence-electron chi connectivity index (χ4n) is 1.40. The molecule has 15 heavy (non-hydrogen) atoms. The molecule has 0 atom stereocenters. The van der Waals surface area contributed by atoms with Gasteiger partial charge in [0.1, 0.15) is 0 Å². The summed E-state index contributed by atoms with van der Waals surface area (Å²) in [6.07, 6.45) is 0. The first kappa shape index (κ1) is 11.3. The molecule has 0 amide bonds. The molecule has 0 radical (unpaired) electrons. The Hall–Kier alpha value is -0.180. The zero-order valence-corrected chi connectivity index (χ0v) is 11.2. The van der Waals surface area contributed by atoms with Gasteiger partial charge in [-0.25, -0.2) is 0 Å². The van der Waals surface area contributed by atoms with Crippen LogP contribution >= 0.6 is 34.7 Å². The van der Waals surface area contributed by atoms with Crippen LogP contribution in [0.5, 0.6) is 0 Å². The number of hydrogen-bond donors (Lipinski definition) is 0. The van der Waals surface area contributed by atoms with Crippen molar-refractivity contribution < 1.29 is 0 Å². The highest BCUT2D eigenvalue weighted by molar-refractivity contribution is 7.99. The summed E-state index contributed by atoms with van der Waals surface area (Å²) < 4.78 is 1.29. The van der Waals surface area contributed by atoms with Gasteiger partial charge < -0.3 is 0 Å². The minimum absolute atomic E-state index is 0.686. The maximum atomic E-state index is 6.13. The number of thioether (sulfide) groups is 1. The van der Waals surface area contributed by atoms with Crippen LogP contribution in [0.4, 0.5) is 0 Å². The van der Waals surface area contributed by atoms with Crippen molar-refractivity contribution in [1.29, 1.82) is 0 Å². The van der Waals surface area contributed by atoms with E-state index < -0.39 is 0 Å². The molecule has 3 heteroatoms. The molecule has 2 aromatic rings. The standard InChI is InChI=1S/C12H13ClS2/c1-8(2)14-7-9-6-10-11(13)4-3-5-12(10)15-9/h3-6,8H,7H2,1-2H3. The van der Waals surface area contributed by atoms with Crippen LogP contribution in [0.3, 0.4) is 0 Å². The number of benzene rings is 1. The first-order chi connectivity index (χ1) is 7.16. The highest BCUT2D eigenvalue weighted by Crippen LogP contribution is 2.33. The molecule has 1 aromatic heterocycles. The van der Waals surface area contributed by atoms with Crippen LogP contribution in [0.15, 0.2) is 24.3 Å². The number of hydrogen-bond acceptors (Lipinski definition) is 2. The lowest BCUT2D eigenvalue weighted by Gasteiger charge is -2.00. The van der Waals surface area contributed by atoms with Crippen molar-refractivity contribution in [3.8, 4) is 0 Å². The van der Waals surface area contributed by atoms with Gasteiger partial charge in [-0.2, -0.15) is 11.8 Å². The summed E-state index contributed by atoms with van der Waals surface area (Å²) in [7, 11) is 0. The molecule has 80 valence electrons. The van der Waals surface area contributed by atoms with Gasteiger partial charge in [0.05, 0.1) is 0 Å². The molecule has 0 bridgehead atoms. The molecule has 0 N–H and O–H groups in total. The third-order valence-electron chi connectivity index (χ3n) is 2.12. The van der Waals surface area contributed by atoms with E-state index in [1.165, 1.54) is 15.0 Å². The summed E-state index contributed by atoms with van der Waals surface area (Å²) >= 11 is 9.95. The molecule has 0 aliphatic rings. The first-order valence-electron chi connectivity index (χ1n) is 4.95. The van der Waals surface area contributed by atoms with E-state index >= 15 is 0 Å². The molecule has 0 aliphatic carbocycles. The van der Waals surface area contributed by atoms with Crippen LogP contribution in [0.1, 0.15) is 18.7 Å². The molecule has 1 heterocycles. The van der Waals surface area contributed by atoms with Crippen molar-refractivity contribution in [2.75, 3.05) is 0 Å². The lowest BCUT2D eigenvalue weighted by atomic mass is 10.2. The number of halogens is 1. The predicted molar refractivity (Wildman–Crippen MR) is 73.3 cm³/mol. The van der Waals surface area contributed by atoms with Gasteiger partial charge in [-0.3, -0.25) is 0 Å². The normalized spacial score (nSPS) is 11.5. The van der Waals surface area contributed by atoms with Gasteiger partial charge in [0.15, 0.2) is 0 Å². The average Bonchev–Trinajstić information content (AvgIpc) is 2.59. The molecular formula is C12H13ClS2. The molecule has 1 aromatic carbocycles. The van der Waals surface area contributed by atoms with Gasteiger partial charge in [-0.05, 0) is 23.4 Å². The molecule has 0 saturated carbocycles. The van der Waals surface area contributed by atoms with Crippen LogP contribution < -0.4 is 0 Å². The highest BCUT2D eigenvalue weighted by Gasteiger charge is 2.05.